The molecule has 0 aromatic carbocycles. The standard InChI is InChI=1S/C20H23N5O2S/c1-13(2)18(24-19(26)16-5-4-10-28-16)20(27)23-12-15-6-7-17(22-11-15)25-9-8-21-14(25)3/h4-11,13,18H,12H2,1-3H3,(H,23,27)(H,24,26). The van der Waals surface area contributed by atoms with E-state index in [9.17, 15) is 9.59 Å². The number of carbonyl (C=O) groups excluding carboxylic acids is 2. The van der Waals surface area contributed by atoms with Crippen molar-refractivity contribution in [2.24, 2.45) is 5.92 Å². The zero-order chi connectivity index (χ0) is 20.1. The predicted molar refractivity (Wildman–Crippen MR) is 108 cm³/mol. The van der Waals surface area contributed by atoms with Crippen molar-refractivity contribution in [3.63, 3.8) is 0 Å². The van der Waals surface area contributed by atoms with Crippen LogP contribution in [0.3, 0.4) is 0 Å². The van der Waals surface area contributed by atoms with Crippen LogP contribution in [0.5, 0.6) is 0 Å². The van der Waals surface area contributed by atoms with Crippen LogP contribution in [-0.4, -0.2) is 32.4 Å². The van der Waals surface area contributed by atoms with Crippen LogP contribution in [0.25, 0.3) is 5.82 Å². The van der Waals surface area contributed by atoms with E-state index in [1.54, 1.807) is 18.5 Å². The minimum atomic E-state index is -0.601. The maximum atomic E-state index is 12.6. The molecule has 0 aliphatic heterocycles. The van der Waals surface area contributed by atoms with Crippen LogP contribution in [0.1, 0.15) is 34.9 Å². The van der Waals surface area contributed by atoms with Crippen LogP contribution in [0.2, 0.25) is 0 Å². The molecule has 0 radical (unpaired) electrons. The molecule has 0 saturated heterocycles. The summed E-state index contributed by atoms with van der Waals surface area (Å²) in [5, 5.41) is 7.54. The lowest BCUT2D eigenvalue weighted by molar-refractivity contribution is -0.124. The first-order valence-corrected chi connectivity index (χ1v) is 9.91. The van der Waals surface area contributed by atoms with Crippen molar-refractivity contribution >= 4 is 23.2 Å². The molecule has 0 fully saturated rings. The van der Waals surface area contributed by atoms with Crippen molar-refractivity contribution in [3.05, 3.63) is 64.5 Å². The predicted octanol–water partition coefficient (Wildman–Crippen LogP) is 2.71. The van der Waals surface area contributed by atoms with E-state index in [-0.39, 0.29) is 17.7 Å². The van der Waals surface area contributed by atoms with Gasteiger partial charge in [0.25, 0.3) is 5.91 Å². The molecule has 2 N–H and O–H groups in total. The first-order valence-electron chi connectivity index (χ1n) is 9.03. The summed E-state index contributed by atoms with van der Waals surface area (Å²) in [5.41, 5.74) is 0.877. The lowest BCUT2D eigenvalue weighted by Gasteiger charge is -2.21. The number of nitrogens with zero attached hydrogens (tertiary/aromatic N) is 3. The third kappa shape index (κ3) is 4.64. The number of imidazole rings is 1. The Morgan fingerprint density at radius 3 is 2.61 bits per heavy atom. The van der Waals surface area contributed by atoms with Gasteiger partial charge in [-0.3, -0.25) is 14.2 Å². The van der Waals surface area contributed by atoms with Crippen molar-refractivity contribution in [3.8, 4) is 5.82 Å². The number of thiophene rings is 1. The second-order valence-electron chi connectivity index (χ2n) is 6.76. The van der Waals surface area contributed by atoms with Gasteiger partial charge in [0.15, 0.2) is 0 Å². The molecule has 0 saturated carbocycles. The van der Waals surface area contributed by atoms with Crippen molar-refractivity contribution in [1.82, 2.24) is 25.2 Å². The molecule has 3 heterocycles. The van der Waals surface area contributed by atoms with Crippen LogP contribution in [0, 0.1) is 12.8 Å². The largest absolute Gasteiger partial charge is 0.350 e. The Morgan fingerprint density at radius 2 is 2.04 bits per heavy atom. The van der Waals surface area contributed by atoms with Crippen molar-refractivity contribution < 1.29 is 9.59 Å². The Labute approximate surface area is 167 Å². The van der Waals surface area contributed by atoms with Crippen molar-refractivity contribution in [1.29, 1.82) is 0 Å². The molecular formula is C20H23N5O2S. The van der Waals surface area contributed by atoms with E-state index >= 15 is 0 Å². The van der Waals surface area contributed by atoms with Gasteiger partial charge in [0, 0.05) is 25.1 Å². The minimum absolute atomic E-state index is 0.0337. The molecule has 0 aliphatic rings. The molecular weight excluding hydrogens is 374 g/mol. The Balaban J connectivity index is 1.59. The molecule has 0 spiro atoms. The molecule has 0 bridgehead atoms. The number of aromatic nitrogens is 3. The maximum absolute atomic E-state index is 12.6. The molecule has 3 aromatic rings. The van der Waals surface area contributed by atoms with Crippen molar-refractivity contribution in [2.45, 2.75) is 33.4 Å². The monoisotopic (exact) mass is 397 g/mol. The van der Waals surface area contributed by atoms with Crippen LogP contribution >= 0.6 is 11.3 Å². The molecule has 146 valence electrons. The van der Waals surface area contributed by atoms with Gasteiger partial charge >= 0.3 is 0 Å². The molecule has 7 nitrogen and oxygen atoms in total. The lowest BCUT2D eigenvalue weighted by Crippen LogP contribution is -2.49. The fourth-order valence-electron chi connectivity index (χ4n) is 2.74. The molecule has 0 aliphatic carbocycles. The SMILES string of the molecule is Cc1nccn1-c1ccc(CNC(=O)C(NC(=O)c2cccs2)C(C)C)cn1. The number of nitrogens with one attached hydrogen (secondary N) is 2. The van der Waals surface area contributed by atoms with Crippen LogP contribution in [0.15, 0.2) is 48.2 Å². The van der Waals surface area contributed by atoms with Gasteiger partial charge in [-0.1, -0.05) is 26.0 Å². The summed E-state index contributed by atoms with van der Waals surface area (Å²) >= 11 is 1.35. The molecule has 3 rings (SSSR count). The number of rotatable bonds is 7. The van der Waals surface area contributed by atoms with Crippen LogP contribution in [-0.2, 0) is 11.3 Å². The fourth-order valence-corrected chi connectivity index (χ4v) is 3.36. The van der Waals surface area contributed by atoms with Gasteiger partial charge in [-0.25, -0.2) is 9.97 Å². The average Bonchev–Trinajstić information content (AvgIpc) is 3.36. The first kappa shape index (κ1) is 19.8. The summed E-state index contributed by atoms with van der Waals surface area (Å²) in [5.74, 6) is 1.15. The highest BCUT2D eigenvalue weighted by atomic mass is 32.1. The molecule has 28 heavy (non-hydrogen) atoms. The Morgan fingerprint density at radius 1 is 1.21 bits per heavy atom. The number of hydrogen-bond donors (Lipinski definition) is 2. The van der Waals surface area contributed by atoms with Gasteiger partial charge in [0.2, 0.25) is 5.91 Å². The van der Waals surface area contributed by atoms with E-state index in [2.05, 4.69) is 20.6 Å². The van der Waals surface area contributed by atoms with Crippen LogP contribution in [0.4, 0.5) is 0 Å². The van der Waals surface area contributed by atoms with Gasteiger partial charge < -0.3 is 10.6 Å². The molecule has 1 unspecified atom stereocenters. The summed E-state index contributed by atoms with van der Waals surface area (Å²) in [6, 6.07) is 6.75. The Bertz CT molecular complexity index is 932. The smallest absolute Gasteiger partial charge is 0.262 e. The number of amides is 2. The van der Waals surface area contributed by atoms with E-state index in [1.165, 1.54) is 11.3 Å². The molecule has 1 atom stereocenters. The average molecular weight is 398 g/mol. The summed E-state index contributed by atoms with van der Waals surface area (Å²) in [6.07, 6.45) is 5.30. The van der Waals surface area contributed by atoms with Gasteiger partial charge in [-0.05, 0) is 35.9 Å². The summed E-state index contributed by atoms with van der Waals surface area (Å²) in [6.45, 7) is 6.06. The minimum Gasteiger partial charge on any atom is -0.350 e. The summed E-state index contributed by atoms with van der Waals surface area (Å²) in [4.78, 5) is 34.1. The van der Waals surface area contributed by atoms with E-state index in [1.807, 2.05) is 55.1 Å². The zero-order valence-corrected chi connectivity index (χ0v) is 16.9. The highest BCUT2D eigenvalue weighted by Gasteiger charge is 2.24. The van der Waals surface area contributed by atoms with E-state index in [4.69, 9.17) is 0 Å². The second kappa shape index (κ2) is 8.79. The third-order valence-corrected chi connectivity index (χ3v) is 5.20. The van der Waals surface area contributed by atoms with Gasteiger partial charge in [-0.2, -0.15) is 0 Å². The first-order chi connectivity index (χ1) is 13.5. The lowest BCUT2D eigenvalue weighted by atomic mass is 10.0. The number of pyridine rings is 1. The van der Waals surface area contributed by atoms with Gasteiger partial charge in [-0.15, -0.1) is 11.3 Å². The topological polar surface area (TPSA) is 88.9 Å². The quantitative estimate of drug-likeness (QED) is 0.642. The third-order valence-electron chi connectivity index (χ3n) is 4.33. The van der Waals surface area contributed by atoms with Gasteiger partial charge in [0.1, 0.15) is 17.7 Å². The Kier molecular flexibility index (Phi) is 6.20. The normalized spacial score (nSPS) is 12.0. The number of hydrogen-bond acceptors (Lipinski definition) is 5. The van der Waals surface area contributed by atoms with E-state index in [0.717, 1.165) is 17.2 Å². The van der Waals surface area contributed by atoms with Crippen molar-refractivity contribution in [2.75, 3.05) is 0 Å². The summed E-state index contributed by atoms with van der Waals surface area (Å²) in [7, 11) is 0. The molecule has 2 amide bonds. The highest BCUT2D eigenvalue weighted by molar-refractivity contribution is 7.12. The maximum Gasteiger partial charge on any atom is 0.262 e. The van der Waals surface area contributed by atoms with E-state index < -0.39 is 6.04 Å². The molecule has 3 aromatic heterocycles. The van der Waals surface area contributed by atoms with Gasteiger partial charge in [0.05, 0.1) is 4.88 Å². The summed E-state index contributed by atoms with van der Waals surface area (Å²) < 4.78 is 1.89. The Hall–Kier alpha value is -3.00. The number of carbonyl (C=O) groups is 2. The zero-order valence-electron chi connectivity index (χ0n) is 16.0. The second-order valence-corrected chi connectivity index (χ2v) is 7.71. The molecule has 8 heteroatoms. The highest BCUT2D eigenvalue weighted by Crippen LogP contribution is 2.11. The van der Waals surface area contributed by atoms with Crippen LogP contribution < -0.4 is 10.6 Å². The fraction of sp³-hybridized carbons (Fsp3) is 0.300. The van der Waals surface area contributed by atoms with E-state index in [0.29, 0.717) is 11.4 Å². The number of aryl methyl sites for hydroxylation is 1.